The van der Waals surface area contributed by atoms with E-state index in [1.54, 1.807) is 0 Å². The number of hydrogen-bond acceptors (Lipinski definition) is 1. The molecule has 2 aromatic carbocycles. The van der Waals surface area contributed by atoms with E-state index in [1.165, 1.54) is 27.8 Å². The first-order valence-corrected chi connectivity index (χ1v) is 6.27. The summed E-state index contributed by atoms with van der Waals surface area (Å²) in [5, 5.41) is 0. The van der Waals surface area contributed by atoms with Gasteiger partial charge in [0.2, 0.25) is 0 Å². The van der Waals surface area contributed by atoms with Gasteiger partial charge in [-0.15, -0.1) is 0 Å². The minimum absolute atomic E-state index is 0.584. The Labute approximate surface area is 109 Å². The van der Waals surface area contributed by atoms with Gasteiger partial charge in [0.25, 0.3) is 0 Å². The van der Waals surface area contributed by atoms with Crippen LogP contribution < -0.4 is 5.73 Å². The summed E-state index contributed by atoms with van der Waals surface area (Å²) in [6.07, 6.45) is 2.07. The van der Waals surface area contributed by atoms with Crippen molar-refractivity contribution in [2.45, 2.75) is 13.8 Å². The average Bonchev–Trinajstić information content (AvgIpc) is 2.42. The molecule has 0 aliphatic carbocycles. The van der Waals surface area contributed by atoms with Gasteiger partial charge in [0, 0.05) is 6.54 Å². The monoisotopic (exact) mass is 237 g/mol. The van der Waals surface area contributed by atoms with Crippen LogP contribution in [0.25, 0.3) is 16.7 Å². The van der Waals surface area contributed by atoms with Crippen molar-refractivity contribution in [1.29, 1.82) is 0 Å². The molecule has 0 amide bonds. The molecule has 2 aromatic rings. The molecule has 0 unspecified atom stereocenters. The zero-order chi connectivity index (χ0) is 13.0. The topological polar surface area (TPSA) is 26.0 Å². The van der Waals surface area contributed by atoms with Gasteiger partial charge < -0.3 is 5.73 Å². The normalized spacial score (nSPS) is 11.6. The predicted molar refractivity (Wildman–Crippen MR) is 79.3 cm³/mol. The molecule has 0 bridgehead atoms. The van der Waals surface area contributed by atoms with Gasteiger partial charge >= 0.3 is 0 Å². The van der Waals surface area contributed by atoms with Gasteiger partial charge in [-0.05, 0) is 36.1 Å². The Kier molecular flexibility index (Phi) is 3.96. The fourth-order valence-electron chi connectivity index (χ4n) is 2.03. The molecule has 18 heavy (non-hydrogen) atoms. The quantitative estimate of drug-likeness (QED) is 0.857. The highest BCUT2D eigenvalue weighted by Gasteiger charge is 2.00. The van der Waals surface area contributed by atoms with Crippen molar-refractivity contribution < 1.29 is 0 Å². The first-order chi connectivity index (χ1) is 8.74. The molecule has 92 valence electrons. The van der Waals surface area contributed by atoms with Gasteiger partial charge in [-0.1, -0.05) is 60.2 Å². The van der Waals surface area contributed by atoms with E-state index in [4.69, 9.17) is 5.73 Å². The molecule has 0 spiro atoms. The molecule has 0 atom stereocenters. The fourth-order valence-corrected chi connectivity index (χ4v) is 2.03. The van der Waals surface area contributed by atoms with Gasteiger partial charge in [0.15, 0.2) is 0 Å². The summed E-state index contributed by atoms with van der Waals surface area (Å²) < 4.78 is 0. The standard InChI is InChI=1S/C17H19N/c1-3-14(12-18)15-8-10-17(11-9-15)16-6-4-13(2)5-7-16/h3-11H,12,18H2,1-2H3/b14-3+. The summed E-state index contributed by atoms with van der Waals surface area (Å²) in [5.41, 5.74) is 11.9. The number of hydrogen-bond donors (Lipinski definition) is 1. The molecule has 1 heteroatoms. The van der Waals surface area contributed by atoms with Crippen LogP contribution in [0.2, 0.25) is 0 Å². The molecule has 1 nitrogen and oxygen atoms in total. The van der Waals surface area contributed by atoms with Crippen LogP contribution in [0, 0.1) is 6.92 Å². The van der Waals surface area contributed by atoms with Crippen LogP contribution >= 0.6 is 0 Å². The predicted octanol–water partition coefficient (Wildman–Crippen LogP) is 4.02. The summed E-state index contributed by atoms with van der Waals surface area (Å²) in [6, 6.07) is 17.2. The lowest BCUT2D eigenvalue weighted by Gasteiger charge is -2.07. The number of benzene rings is 2. The third kappa shape index (κ3) is 2.69. The van der Waals surface area contributed by atoms with Crippen LogP contribution in [0.5, 0.6) is 0 Å². The van der Waals surface area contributed by atoms with Gasteiger partial charge in [-0.25, -0.2) is 0 Å². The minimum atomic E-state index is 0.584. The number of aryl methyl sites for hydroxylation is 1. The van der Waals surface area contributed by atoms with Crippen molar-refractivity contribution >= 4 is 5.57 Å². The van der Waals surface area contributed by atoms with Crippen LogP contribution in [0.15, 0.2) is 54.6 Å². The van der Waals surface area contributed by atoms with E-state index in [2.05, 4.69) is 61.5 Å². The lowest BCUT2D eigenvalue weighted by atomic mass is 10.00. The molecule has 0 fully saturated rings. The molecular weight excluding hydrogens is 218 g/mol. The number of nitrogens with two attached hydrogens (primary N) is 1. The van der Waals surface area contributed by atoms with E-state index in [1.807, 2.05) is 6.92 Å². The van der Waals surface area contributed by atoms with Gasteiger partial charge in [0.05, 0.1) is 0 Å². The van der Waals surface area contributed by atoms with Gasteiger partial charge in [0.1, 0.15) is 0 Å². The fraction of sp³-hybridized carbons (Fsp3) is 0.176. The van der Waals surface area contributed by atoms with E-state index in [0.717, 1.165) is 0 Å². The Bertz CT molecular complexity index is 533. The SMILES string of the molecule is C/C=C(\CN)c1ccc(-c2ccc(C)cc2)cc1. The maximum Gasteiger partial charge on any atom is 0.0180 e. The van der Waals surface area contributed by atoms with E-state index >= 15 is 0 Å². The van der Waals surface area contributed by atoms with Crippen molar-refractivity contribution in [2.75, 3.05) is 6.54 Å². The summed E-state index contributed by atoms with van der Waals surface area (Å²) in [5.74, 6) is 0. The maximum absolute atomic E-state index is 5.71. The molecule has 0 radical (unpaired) electrons. The second kappa shape index (κ2) is 5.65. The van der Waals surface area contributed by atoms with Crippen molar-refractivity contribution in [3.05, 3.63) is 65.7 Å². The van der Waals surface area contributed by atoms with Crippen LogP contribution in [0.3, 0.4) is 0 Å². The Hall–Kier alpha value is -1.86. The molecule has 2 N–H and O–H groups in total. The van der Waals surface area contributed by atoms with Gasteiger partial charge in [-0.3, -0.25) is 0 Å². The molecule has 0 aromatic heterocycles. The average molecular weight is 237 g/mol. The lowest BCUT2D eigenvalue weighted by Crippen LogP contribution is -2.01. The Morgan fingerprint density at radius 3 is 1.89 bits per heavy atom. The second-order valence-electron chi connectivity index (χ2n) is 4.46. The largest absolute Gasteiger partial charge is 0.326 e. The minimum Gasteiger partial charge on any atom is -0.326 e. The zero-order valence-corrected chi connectivity index (χ0v) is 11.0. The van der Waals surface area contributed by atoms with E-state index in [9.17, 15) is 0 Å². The molecular formula is C17H19N. The van der Waals surface area contributed by atoms with Crippen molar-refractivity contribution in [3.8, 4) is 11.1 Å². The first-order valence-electron chi connectivity index (χ1n) is 6.27. The van der Waals surface area contributed by atoms with Crippen molar-refractivity contribution in [3.63, 3.8) is 0 Å². The van der Waals surface area contributed by atoms with Crippen LogP contribution in [0.4, 0.5) is 0 Å². The molecule has 0 saturated heterocycles. The second-order valence-corrected chi connectivity index (χ2v) is 4.46. The Morgan fingerprint density at radius 1 is 0.944 bits per heavy atom. The maximum atomic E-state index is 5.71. The molecule has 0 aliphatic heterocycles. The highest BCUT2D eigenvalue weighted by molar-refractivity contribution is 5.71. The Balaban J connectivity index is 2.30. The third-order valence-corrected chi connectivity index (χ3v) is 3.21. The number of allylic oxidation sites excluding steroid dienone is 1. The summed E-state index contributed by atoms with van der Waals surface area (Å²) in [6.45, 7) is 4.71. The summed E-state index contributed by atoms with van der Waals surface area (Å²) in [4.78, 5) is 0. The molecule has 0 aliphatic rings. The number of rotatable bonds is 3. The zero-order valence-electron chi connectivity index (χ0n) is 11.0. The third-order valence-electron chi connectivity index (χ3n) is 3.21. The first kappa shape index (κ1) is 12.6. The van der Waals surface area contributed by atoms with Gasteiger partial charge in [-0.2, -0.15) is 0 Å². The van der Waals surface area contributed by atoms with E-state index in [-0.39, 0.29) is 0 Å². The van der Waals surface area contributed by atoms with Crippen molar-refractivity contribution in [1.82, 2.24) is 0 Å². The highest BCUT2D eigenvalue weighted by atomic mass is 14.5. The summed E-state index contributed by atoms with van der Waals surface area (Å²) in [7, 11) is 0. The van der Waals surface area contributed by atoms with Crippen LogP contribution in [-0.2, 0) is 0 Å². The summed E-state index contributed by atoms with van der Waals surface area (Å²) >= 11 is 0. The van der Waals surface area contributed by atoms with E-state index in [0.29, 0.717) is 6.54 Å². The molecule has 0 heterocycles. The lowest BCUT2D eigenvalue weighted by molar-refractivity contribution is 1.26. The highest BCUT2D eigenvalue weighted by Crippen LogP contribution is 2.22. The molecule has 2 rings (SSSR count). The smallest absolute Gasteiger partial charge is 0.0180 e. The van der Waals surface area contributed by atoms with Crippen LogP contribution in [0.1, 0.15) is 18.1 Å². The van der Waals surface area contributed by atoms with Crippen LogP contribution in [-0.4, -0.2) is 6.54 Å². The van der Waals surface area contributed by atoms with E-state index < -0.39 is 0 Å². The van der Waals surface area contributed by atoms with Crippen molar-refractivity contribution in [2.24, 2.45) is 5.73 Å². The Morgan fingerprint density at radius 2 is 1.44 bits per heavy atom. The molecule has 0 saturated carbocycles.